The van der Waals surface area contributed by atoms with Crippen LogP contribution in [0.3, 0.4) is 0 Å². The molecule has 2 rings (SSSR count). The fraction of sp³-hybridized carbons (Fsp3) is 0.0714. The monoisotopic (exact) mass is 281 g/mol. The number of hydrogen-bond donors (Lipinski definition) is 1. The zero-order valence-electron chi connectivity index (χ0n) is 10.2. The van der Waals surface area contributed by atoms with E-state index in [9.17, 15) is 18.0 Å². The molecule has 2 aromatic rings. The fourth-order valence-corrected chi connectivity index (χ4v) is 1.66. The summed E-state index contributed by atoms with van der Waals surface area (Å²) in [4.78, 5) is 11.7. The van der Waals surface area contributed by atoms with Crippen molar-refractivity contribution in [3.8, 4) is 0 Å². The van der Waals surface area contributed by atoms with Crippen molar-refractivity contribution in [3.63, 3.8) is 0 Å². The van der Waals surface area contributed by atoms with Crippen LogP contribution in [0.15, 0.2) is 36.4 Å². The van der Waals surface area contributed by atoms with E-state index in [0.717, 1.165) is 24.3 Å². The van der Waals surface area contributed by atoms with Crippen molar-refractivity contribution in [2.45, 2.75) is 6.61 Å². The Balaban J connectivity index is 2.08. The van der Waals surface area contributed by atoms with Gasteiger partial charge in [-0.05, 0) is 35.9 Å². The van der Waals surface area contributed by atoms with Crippen molar-refractivity contribution in [1.82, 2.24) is 0 Å². The maximum Gasteiger partial charge on any atom is 0.338 e. The van der Waals surface area contributed by atoms with Crippen LogP contribution in [-0.2, 0) is 11.3 Å². The molecule has 3 nitrogen and oxygen atoms in total. The highest BCUT2D eigenvalue weighted by Gasteiger charge is 2.10. The molecule has 0 amide bonds. The molecule has 0 aliphatic rings. The highest BCUT2D eigenvalue weighted by Crippen LogP contribution is 2.14. The van der Waals surface area contributed by atoms with Gasteiger partial charge in [-0.25, -0.2) is 18.0 Å². The van der Waals surface area contributed by atoms with E-state index in [-0.39, 0.29) is 23.4 Å². The number of carbonyl (C=O) groups is 1. The van der Waals surface area contributed by atoms with E-state index in [1.807, 2.05) is 0 Å². The van der Waals surface area contributed by atoms with Crippen molar-refractivity contribution in [3.05, 3.63) is 65.0 Å². The maximum absolute atomic E-state index is 13.1. The van der Waals surface area contributed by atoms with Gasteiger partial charge < -0.3 is 10.5 Å². The molecule has 0 spiro atoms. The predicted octanol–water partition coefficient (Wildman–Crippen LogP) is 3.04. The predicted molar refractivity (Wildman–Crippen MR) is 66.3 cm³/mol. The van der Waals surface area contributed by atoms with Gasteiger partial charge in [0.25, 0.3) is 0 Å². The molecule has 0 saturated carbocycles. The van der Waals surface area contributed by atoms with E-state index in [0.29, 0.717) is 6.07 Å². The number of benzene rings is 2. The molecule has 0 fully saturated rings. The normalized spacial score (nSPS) is 10.3. The number of rotatable bonds is 3. The van der Waals surface area contributed by atoms with Gasteiger partial charge in [0.05, 0.1) is 5.56 Å². The van der Waals surface area contributed by atoms with Gasteiger partial charge in [0.1, 0.15) is 24.1 Å². The van der Waals surface area contributed by atoms with Gasteiger partial charge in [-0.3, -0.25) is 0 Å². The topological polar surface area (TPSA) is 52.3 Å². The van der Waals surface area contributed by atoms with Gasteiger partial charge in [0.2, 0.25) is 0 Å². The lowest BCUT2D eigenvalue weighted by atomic mass is 10.2. The molecule has 2 aromatic carbocycles. The zero-order chi connectivity index (χ0) is 14.7. The van der Waals surface area contributed by atoms with Gasteiger partial charge in [-0.2, -0.15) is 0 Å². The van der Waals surface area contributed by atoms with Crippen LogP contribution < -0.4 is 5.73 Å². The number of halogens is 3. The maximum atomic E-state index is 13.1. The number of anilines is 1. The molecule has 0 atom stereocenters. The van der Waals surface area contributed by atoms with Crippen LogP contribution in [0.25, 0.3) is 0 Å². The lowest BCUT2D eigenvalue weighted by molar-refractivity contribution is 0.0471. The van der Waals surface area contributed by atoms with E-state index >= 15 is 0 Å². The SMILES string of the molecule is Nc1cc(F)cc(C(=O)OCc2cc(F)cc(F)c2)c1. The number of esters is 1. The molecule has 0 saturated heterocycles. The quantitative estimate of drug-likeness (QED) is 0.695. The third-order valence-corrected chi connectivity index (χ3v) is 2.45. The second-order valence-electron chi connectivity index (χ2n) is 4.13. The lowest BCUT2D eigenvalue weighted by Gasteiger charge is -2.06. The number of hydrogen-bond acceptors (Lipinski definition) is 3. The molecule has 6 heteroatoms. The van der Waals surface area contributed by atoms with Gasteiger partial charge in [0.15, 0.2) is 0 Å². The summed E-state index contributed by atoms with van der Waals surface area (Å²) in [7, 11) is 0. The van der Waals surface area contributed by atoms with E-state index in [1.165, 1.54) is 6.07 Å². The standard InChI is InChI=1S/C14H10F3NO2/c15-10-1-8(2-11(16)5-10)7-20-14(19)9-3-12(17)6-13(18)4-9/h1-6H,7,18H2. The molecule has 0 heterocycles. The Hall–Kier alpha value is -2.50. The second kappa shape index (κ2) is 5.64. The van der Waals surface area contributed by atoms with Crippen LogP contribution in [0.5, 0.6) is 0 Å². The number of nitrogen functional groups attached to an aromatic ring is 1. The van der Waals surface area contributed by atoms with Gasteiger partial charge in [-0.1, -0.05) is 0 Å². The minimum atomic E-state index is -0.833. The molecule has 0 aliphatic carbocycles. The summed E-state index contributed by atoms with van der Waals surface area (Å²) in [5, 5.41) is 0. The minimum Gasteiger partial charge on any atom is -0.457 e. The molecule has 0 unspecified atom stereocenters. The first-order valence-corrected chi connectivity index (χ1v) is 5.62. The Morgan fingerprint density at radius 1 is 0.950 bits per heavy atom. The van der Waals surface area contributed by atoms with Crippen molar-refractivity contribution < 1.29 is 22.7 Å². The summed E-state index contributed by atoms with van der Waals surface area (Å²) in [5.74, 6) is -3.05. The zero-order valence-corrected chi connectivity index (χ0v) is 10.2. The molecule has 104 valence electrons. The Morgan fingerprint density at radius 3 is 2.15 bits per heavy atom. The van der Waals surface area contributed by atoms with Crippen LogP contribution in [0.2, 0.25) is 0 Å². The molecule has 0 radical (unpaired) electrons. The van der Waals surface area contributed by atoms with Crippen LogP contribution in [0.4, 0.5) is 18.9 Å². The first-order valence-electron chi connectivity index (χ1n) is 5.62. The molecule has 0 aromatic heterocycles. The third kappa shape index (κ3) is 3.50. The van der Waals surface area contributed by atoms with Crippen LogP contribution in [0.1, 0.15) is 15.9 Å². The van der Waals surface area contributed by atoms with Gasteiger partial charge in [-0.15, -0.1) is 0 Å². The summed E-state index contributed by atoms with van der Waals surface area (Å²) in [5.41, 5.74) is 5.56. The summed E-state index contributed by atoms with van der Waals surface area (Å²) in [6.45, 7) is -0.329. The van der Waals surface area contributed by atoms with E-state index < -0.39 is 23.4 Å². The Morgan fingerprint density at radius 2 is 1.55 bits per heavy atom. The molecule has 20 heavy (non-hydrogen) atoms. The van der Waals surface area contributed by atoms with Crippen molar-refractivity contribution in [2.24, 2.45) is 0 Å². The second-order valence-corrected chi connectivity index (χ2v) is 4.13. The molecule has 0 bridgehead atoms. The largest absolute Gasteiger partial charge is 0.457 e. The van der Waals surface area contributed by atoms with Crippen molar-refractivity contribution in [2.75, 3.05) is 5.73 Å². The average molecular weight is 281 g/mol. The summed E-state index contributed by atoms with van der Waals surface area (Å²) >= 11 is 0. The molecule has 0 aliphatic heterocycles. The highest BCUT2D eigenvalue weighted by atomic mass is 19.1. The molecular weight excluding hydrogens is 271 g/mol. The highest BCUT2D eigenvalue weighted by molar-refractivity contribution is 5.90. The van der Waals surface area contributed by atoms with Crippen LogP contribution in [0, 0.1) is 17.5 Å². The number of nitrogens with two attached hydrogens (primary N) is 1. The van der Waals surface area contributed by atoms with Crippen LogP contribution >= 0.6 is 0 Å². The smallest absolute Gasteiger partial charge is 0.338 e. The van der Waals surface area contributed by atoms with Gasteiger partial charge in [0, 0.05) is 11.8 Å². The lowest BCUT2D eigenvalue weighted by Crippen LogP contribution is -2.07. The van der Waals surface area contributed by atoms with Crippen LogP contribution in [-0.4, -0.2) is 5.97 Å². The first kappa shape index (κ1) is 13.9. The number of carbonyl (C=O) groups excluding carboxylic acids is 1. The summed E-state index contributed by atoms with van der Waals surface area (Å²) in [6, 6.07) is 6.05. The summed E-state index contributed by atoms with van der Waals surface area (Å²) in [6.07, 6.45) is 0. The van der Waals surface area contributed by atoms with E-state index in [2.05, 4.69) is 0 Å². The first-order chi connectivity index (χ1) is 9.44. The molecule has 2 N–H and O–H groups in total. The Labute approximate surface area is 112 Å². The van der Waals surface area contributed by atoms with Crippen molar-refractivity contribution >= 4 is 11.7 Å². The van der Waals surface area contributed by atoms with Gasteiger partial charge >= 0.3 is 5.97 Å². The van der Waals surface area contributed by atoms with E-state index in [1.54, 1.807) is 0 Å². The number of ether oxygens (including phenoxy) is 1. The Kier molecular flexibility index (Phi) is 3.93. The molecular formula is C14H10F3NO2. The Bertz CT molecular complexity index is 618. The van der Waals surface area contributed by atoms with E-state index in [4.69, 9.17) is 10.5 Å². The third-order valence-electron chi connectivity index (χ3n) is 2.45. The summed E-state index contributed by atoms with van der Waals surface area (Å²) < 4.78 is 43.8. The minimum absolute atomic E-state index is 0.0700. The van der Waals surface area contributed by atoms with Crippen molar-refractivity contribution in [1.29, 1.82) is 0 Å². The fourth-order valence-electron chi connectivity index (χ4n) is 1.66. The average Bonchev–Trinajstić information content (AvgIpc) is 2.33.